The van der Waals surface area contributed by atoms with Crippen LogP contribution in [0.15, 0.2) is 0 Å². The third-order valence-electron chi connectivity index (χ3n) is 1.95. The monoisotopic (exact) mass is 172 g/mol. The van der Waals surface area contributed by atoms with Crippen molar-refractivity contribution in [3.63, 3.8) is 0 Å². The first-order valence-electron chi connectivity index (χ1n) is 3.68. The number of methoxy groups -OCH3 is 1. The molecule has 1 aliphatic rings. The quantitative estimate of drug-likeness (QED) is 0.511. The van der Waals surface area contributed by atoms with Gasteiger partial charge in [0.1, 0.15) is 24.4 Å². The van der Waals surface area contributed by atoms with E-state index in [1.807, 2.05) is 0 Å². The van der Waals surface area contributed by atoms with Crippen LogP contribution in [-0.2, 0) is 9.47 Å². The van der Waals surface area contributed by atoms with Crippen LogP contribution in [-0.4, -0.2) is 48.3 Å². The third kappa shape index (κ3) is 1.45. The molecule has 4 atom stereocenters. The van der Waals surface area contributed by atoms with Crippen molar-refractivity contribution in [1.82, 2.24) is 0 Å². The summed E-state index contributed by atoms with van der Waals surface area (Å²) in [4.78, 5) is 0. The summed E-state index contributed by atoms with van der Waals surface area (Å²) in [6.07, 6.45) is 2.55. The lowest BCUT2D eigenvalue weighted by Crippen LogP contribution is -2.35. The lowest BCUT2D eigenvalue weighted by molar-refractivity contribution is -0.0149. The molecule has 2 N–H and O–H groups in total. The number of rotatable bonds is 2. The molecule has 4 nitrogen and oxygen atoms in total. The molecular weight excluding hydrogens is 160 g/mol. The van der Waals surface area contributed by atoms with Crippen LogP contribution in [0.25, 0.3) is 0 Å². The number of aliphatic hydroxyl groups is 2. The molecule has 1 fully saturated rings. The first-order valence-corrected chi connectivity index (χ1v) is 3.68. The van der Waals surface area contributed by atoms with E-state index in [4.69, 9.17) is 21.0 Å². The highest BCUT2D eigenvalue weighted by Crippen LogP contribution is 2.22. The number of terminal acetylenes is 1. The minimum absolute atomic E-state index is 0.251. The van der Waals surface area contributed by atoms with Gasteiger partial charge in [0.15, 0.2) is 0 Å². The number of hydrogen-bond donors (Lipinski definition) is 2. The van der Waals surface area contributed by atoms with Crippen molar-refractivity contribution in [3.8, 4) is 12.3 Å². The molecular formula is C8H12O4. The van der Waals surface area contributed by atoms with Gasteiger partial charge in [-0.25, -0.2) is 0 Å². The van der Waals surface area contributed by atoms with Gasteiger partial charge in [-0.1, -0.05) is 5.92 Å². The second-order valence-corrected chi connectivity index (χ2v) is 2.64. The normalized spacial score (nSPS) is 41.2. The van der Waals surface area contributed by atoms with Gasteiger partial charge in [-0.05, 0) is 0 Å². The minimum Gasteiger partial charge on any atom is -0.394 e. The van der Waals surface area contributed by atoms with Gasteiger partial charge in [-0.15, -0.1) is 6.42 Å². The summed E-state index contributed by atoms with van der Waals surface area (Å²) in [5, 5.41) is 18.2. The van der Waals surface area contributed by atoms with E-state index in [2.05, 4.69) is 5.92 Å². The zero-order valence-corrected chi connectivity index (χ0v) is 6.80. The second kappa shape index (κ2) is 3.87. The van der Waals surface area contributed by atoms with Gasteiger partial charge in [0.2, 0.25) is 0 Å². The lowest BCUT2D eigenvalue weighted by Gasteiger charge is -2.14. The summed E-state index contributed by atoms with van der Waals surface area (Å²) in [7, 11) is 1.45. The second-order valence-electron chi connectivity index (χ2n) is 2.64. The van der Waals surface area contributed by atoms with E-state index < -0.39 is 24.4 Å². The molecule has 0 spiro atoms. The van der Waals surface area contributed by atoms with Crippen LogP contribution in [0.3, 0.4) is 0 Å². The Bertz CT molecular complexity index is 186. The van der Waals surface area contributed by atoms with Gasteiger partial charge in [0, 0.05) is 7.11 Å². The molecule has 0 amide bonds. The largest absolute Gasteiger partial charge is 0.394 e. The molecule has 4 heteroatoms. The van der Waals surface area contributed by atoms with Crippen LogP contribution in [0.5, 0.6) is 0 Å². The molecule has 0 aromatic heterocycles. The van der Waals surface area contributed by atoms with Gasteiger partial charge >= 0.3 is 0 Å². The van der Waals surface area contributed by atoms with Crippen LogP contribution < -0.4 is 0 Å². The fourth-order valence-corrected chi connectivity index (χ4v) is 1.29. The van der Waals surface area contributed by atoms with Crippen molar-refractivity contribution < 1.29 is 19.7 Å². The molecule has 1 heterocycles. The third-order valence-corrected chi connectivity index (χ3v) is 1.95. The highest BCUT2D eigenvalue weighted by atomic mass is 16.6. The first-order chi connectivity index (χ1) is 5.74. The van der Waals surface area contributed by atoms with E-state index in [1.165, 1.54) is 7.11 Å². The smallest absolute Gasteiger partial charge is 0.147 e. The standard InChI is InChI=1S/C8H12O4/c1-3-5-8(11-2)7(10)6(4-9)12-5/h1,5-10H,4H2,2H3/t5-,6-,7-,8+/m1/s1. The predicted octanol–water partition coefficient (Wildman–Crippen LogP) is -1.24. The minimum atomic E-state index is -0.846. The van der Waals surface area contributed by atoms with E-state index in [-0.39, 0.29) is 6.61 Å². The molecule has 0 aromatic rings. The molecule has 68 valence electrons. The average Bonchev–Trinajstić information content (AvgIpc) is 2.41. The molecule has 12 heavy (non-hydrogen) atoms. The van der Waals surface area contributed by atoms with Crippen molar-refractivity contribution in [2.75, 3.05) is 13.7 Å². The van der Waals surface area contributed by atoms with E-state index in [0.29, 0.717) is 0 Å². The van der Waals surface area contributed by atoms with E-state index in [0.717, 1.165) is 0 Å². The summed E-state index contributed by atoms with van der Waals surface area (Å²) in [6.45, 7) is -0.251. The molecule has 1 saturated heterocycles. The Hall–Kier alpha value is -0.600. The molecule has 1 rings (SSSR count). The van der Waals surface area contributed by atoms with Crippen LogP contribution in [0.1, 0.15) is 0 Å². The first kappa shape index (κ1) is 9.49. The summed E-state index contributed by atoms with van der Waals surface area (Å²) >= 11 is 0. The average molecular weight is 172 g/mol. The maximum atomic E-state index is 9.44. The highest BCUT2D eigenvalue weighted by molar-refractivity contribution is 5.07. The fraction of sp³-hybridized carbons (Fsp3) is 0.750. The Balaban J connectivity index is 2.66. The summed E-state index contributed by atoms with van der Waals surface area (Å²) in [6, 6.07) is 0. The van der Waals surface area contributed by atoms with Gasteiger partial charge < -0.3 is 19.7 Å². The molecule has 1 aliphatic heterocycles. The van der Waals surface area contributed by atoms with E-state index in [1.54, 1.807) is 0 Å². The zero-order chi connectivity index (χ0) is 9.14. The Labute approximate surface area is 71.1 Å². The molecule has 0 unspecified atom stereocenters. The Kier molecular flexibility index (Phi) is 3.06. The lowest BCUT2D eigenvalue weighted by atomic mass is 10.1. The van der Waals surface area contributed by atoms with Gasteiger partial charge in [-0.3, -0.25) is 0 Å². The highest BCUT2D eigenvalue weighted by Gasteiger charge is 2.42. The Morgan fingerprint density at radius 1 is 1.67 bits per heavy atom. The molecule has 0 radical (unpaired) electrons. The molecule has 0 bridgehead atoms. The van der Waals surface area contributed by atoms with Crippen molar-refractivity contribution in [3.05, 3.63) is 0 Å². The van der Waals surface area contributed by atoms with Crippen molar-refractivity contribution in [1.29, 1.82) is 0 Å². The Morgan fingerprint density at radius 3 is 2.67 bits per heavy atom. The molecule has 0 saturated carbocycles. The van der Waals surface area contributed by atoms with Crippen molar-refractivity contribution in [2.24, 2.45) is 0 Å². The van der Waals surface area contributed by atoms with Crippen LogP contribution >= 0.6 is 0 Å². The number of ether oxygens (including phenoxy) is 2. The van der Waals surface area contributed by atoms with Crippen LogP contribution in [0, 0.1) is 12.3 Å². The van der Waals surface area contributed by atoms with Crippen molar-refractivity contribution >= 4 is 0 Å². The Morgan fingerprint density at radius 2 is 2.33 bits per heavy atom. The molecule has 0 aromatic carbocycles. The van der Waals surface area contributed by atoms with E-state index >= 15 is 0 Å². The summed E-state index contributed by atoms with van der Waals surface area (Å²) in [5.74, 6) is 2.34. The molecule has 0 aliphatic carbocycles. The zero-order valence-electron chi connectivity index (χ0n) is 6.80. The summed E-state index contributed by atoms with van der Waals surface area (Å²) in [5.41, 5.74) is 0. The van der Waals surface area contributed by atoms with Crippen LogP contribution in [0.2, 0.25) is 0 Å². The summed E-state index contributed by atoms with van der Waals surface area (Å²) < 4.78 is 10.0. The maximum absolute atomic E-state index is 9.44. The van der Waals surface area contributed by atoms with E-state index in [9.17, 15) is 5.11 Å². The number of hydrogen-bond acceptors (Lipinski definition) is 4. The maximum Gasteiger partial charge on any atom is 0.147 e. The van der Waals surface area contributed by atoms with Gasteiger partial charge in [0.05, 0.1) is 6.61 Å². The SMILES string of the molecule is C#C[C@H]1O[C@H](CO)[C@@H](O)[C@H]1OC. The van der Waals surface area contributed by atoms with Crippen LogP contribution in [0.4, 0.5) is 0 Å². The number of aliphatic hydroxyl groups excluding tert-OH is 2. The van der Waals surface area contributed by atoms with Gasteiger partial charge in [0.25, 0.3) is 0 Å². The fourth-order valence-electron chi connectivity index (χ4n) is 1.29. The predicted molar refractivity (Wildman–Crippen MR) is 41.4 cm³/mol. The van der Waals surface area contributed by atoms with Crippen molar-refractivity contribution in [2.45, 2.75) is 24.4 Å². The topological polar surface area (TPSA) is 58.9 Å². The van der Waals surface area contributed by atoms with Gasteiger partial charge in [-0.2, -0.15) is 0 Å².